The number of hydrogen-bond donors (Lipinski definition) is 1. The molecule has 0 bridgehead atoms. The van der Waals surface area contributed by atoms with E-state index in [1.54, 1.807) is 7.11 Å². The van der Waals surface area contributed by atoms with E-state index in [0.717, 1.165) is 23.5 Å². The van der Waals surface area contributed by atoms with Gasteiger partial charge in [-0.25, -0.2) is 0 Å². The Balaban J connectivity index is 2.06. The average Bonchev–Trinajstić information content (AvgIpc) is 2.78. The summed E-state index contributed by atoms with van der Waals surface area (Å²) >= 11 is 0. The molecule has 2 N–H and O–H groups in total. The van der Waals surface area contributed by atoms with Gasteiger partial charge in [0.15, 0.2) is 0 Å². The van der Waals surface area contributed by atoms with Gasteiger partial charge in [-0.3, -0.25) is 0 Å². The molecule has 0 aliphatic rings. The fraction of sp³-hybridized carbons (Fsp3) is 0.176. The van der Waals surface area contributed by atoms with Crippen molar-refractivity contribution in [3.8, 4) is 5.75 Å². The monoisotopic (exact) mass is 266 g/mol. The summed E-state index contributed by atoms with van der Waals surface area (Å²) < 4.78 is 7.67. The van der Waals surface area contributed by atoms with Crippen molar-refractivity contribution in [3.05, 3.63) is 59.8 Å². The summed E-state index contributed by atoms with van der Waals surface area (Å²) in [6.45, 7) is 2.91. The van der Waals surface area contributed by atoms with Gasteiger partial charge in [0.05, 0.1) is 13.7 Å². The highest BCUT2D eigenvalue weighted by Gasteiger charge is 2.08. The second-order valence-electron chi connectivity index (χ2n) is 5.03. The van der Waals surface area contributed by atoms with Crippen LogP contribution in [0.1, 0.15) is 11.1 Å². The van der Waals surface area contributed by atoms with Crippen LogP contribution in [0, 0.1) is 6.92 Å². The Morgan fingerprint density at radius 2 is 1.95 bits per heavy atom. The number of hydrogen-bond acceptors (Lipinski definition) is 2. The first-order valence-corrected chi connectivity index (χ1v) is 6.66. The Hall–Kier alpha value is -2.42. The molecule has 3 heteroatoms. The number of aromatic nitrogens is 1. The van der Waals surface area contributed by atoms with E-state index in [9.17, 15) is 0 Å². The number of anilines is 1. The molecular formula is C17H18N2O. The van der Waals surface area contributed by atoms with Crippen LogP contribution in [-0.2, 0) is 6.54 Å². The molecule has 3 aromatic rings. The number of ether oxygens (including phenoxy) is 1. The summed E-state index contributed by atoms with van der Waals surface area (Å²) in [4.78, 5) is 0. The summed E-state index contributed by atoms with van der Waals surface area (Å²) in [5, 5.41) is 1.29. The lowest BCUT2D eigenvalue weighted by Gasteiger charge is -2.11. The summed E-state index contributed by atoms with van der Waals surface area (Å²) in [5.41, 5.74) is 10.2. The quantitative estimate of drug-likeness (QED) is 0.736. The Morgan fingerprint density at radius 1 is 1.15 bits per heavy atom. The van der Waals surface area contributed by atoms with Crippen LogP contribution in [0.5, 0.6) is 5.75 Å². The molecule has 0 aliphatic heterocycles. The molecule has 0 saturated carbocycles. The lowest BCUT2D eigenvalue weighted by Crippen LogP contribution is -2.01. The van der Waals surface area contributed by atoms with Gasteiger partial charge in [0.25, 0.3) is 0 Å². The van der Waals surface area contributed by atoms with Crippen molar-refractivity contribution in [2.45, 2.75) is 13.5 Å². The summed E-state index contributed by atoms with van der Waals surface area (Å²) in [5.74, 6) is 0.834. The van der Waals surface area contributed by atoms with Crippen LogP contribution in [0.3, 0.4) is 0 Å². The van der Waals surface area contributed by atoms with E-state index in [1.807, 2.05) is 18.2 Å². The number of rotatable bonds is 3. The molecule has 102 valence electrons. The molecule has 0 atom stereocenters. The molecule has 2 aromatic carbocycles. The van der Waals surface area contributed by atoms with Gasteiger partial charge in [-0.1, -0.05) is 24.3 Å². The third-order valence-corrected chi connectivity index (χ3v) is 3.64. The van der Waals surface area contributed by atoms with Crippen LogP contribution < -0.4 is 10.5 Å². The standard InChI is InChI=1S/C17H18N2O/c1-12-10-19(16-6-4-3-5-15(12)16)11-13-7-8-14(18)9-17(13)20-2/h3-10H,11,18H2,1-2H3. The summed E-state index contributed by atoms with van der Waals surface area (Å²) in [6, 6.07) is 14.2. The molecule has 0 spiro atoms. The van der Waals surface area contributed by atoms with E-state index in [4.69, 9.17) is 10.5 Å². The smallest absolute Gasteiger partial charge is 0.125 e. The summed E-state index contributed by atoms with van der Waals surface area (Å²) in [6.07, 6.45) is 2.18. The predicted molar refractivity (Wildman–Crippen MR) is 83.2 cm³/mol. The molecule has 0 fully saturated rings. The minimum Gasteiger partial charge on any atom is -0.496 e. The van der Waals surface area contributed by atoms with Crippen molar-refractivity contribution >= 4 is 16.6 Å². The number of nitrogens with zero attached hydrogens (tertiary/aromatic N) is 1. The first-order chi connectivity index (χ1) is 9.69. The van der Waals surface area contributed by atoms with Crippen molar-refractivity contribution in [1.82, 2.24) is 4.57 Å². The molecule has 1 heterocycles. The van der Waals surface area contributed by atoms with Crippen LogP contribution in [0.4, 0.5) is 5.69 Å². The van der Waals surface area contributed by atoms with E-state index in [2.05, 4.69) is 42.0 Å². The maximum atomic E-state index is 5.80. The van der Waals surface area contributed by atoms with Crippen LogP contribution in [0.15, 0.2) is 48.7 Å². The Bertz CT molecular complexity index is 759. The van der Waals surface area contributed by atoms with E-state index >= 15 is 0 Å². The maximum absolute atomic E-state index is 5.80. The zero-order chi connectivity index (χ0) is 14.1. The second kappa shape index (κ2) is 4.93. The number of methoxy groups -OCH3 is 1. The van der Waals surface area contributed by atoms with Crippen molar-refractivity contribution in [2.24, 2.45) is 0 Å². The van der Waals surface area contributed by atoms with Gasteiger partial charge in [-0.2, -0.15) is 0 Å². The van der Waals surface area contributed by atoms with Crippen molar-refractivity contribution < 1.29 is 4.74 Å². The fourth-order valence-corrected chi connectivity index (χ4v) is 2.64. The van der Waals surface area contributed by atoms with E-state index < -0.39 is 0 Å². The minimum absolute atomic E-state index is 0.721. The molecule has 0 radical (unpaired) electrons. The third kappa shape index (κ3) is 2.11. The zero-order valence-corrected chi connectivity index (χ0v) is 11.8. The minimum atomic E-state index is 0.721. The van der Waals surface area contributed by atoms with Crippen molar-refractivity contribution in [2.75, 3.05) is 12.8 Å². The Kier molecular flexibility index (Phi) is 3.11. The molecule has 3 rings (SSSR count). The highest BCUT2D eigenvalue weighted by atomic mass is 16.5. The van der Waals surface area contributed by atoms with Gasteiger partial charge in [-0.15, -0.1) is 0 Å². The maximum Gasteiger partial charge on any atom is 0.125 e. The normalized spacial score (nSPS) is 10.9. The van der Waals surface area contributed by atoms with Crippen LogP contribution in [0.25, 0.3) is 10.9 Å². The molecule has 0 aliphatic carbocycles. The predicted octanol–water partition coefficient (Wildman–Crippen LogP) is 3.59. The third-order valence-electron chi connectivity index (χ3n) is 3.64. The molecule has 0 unspecified atom stereocenters. The van der Waals surface area contributed by atoms with Gasteiger partial charge in [-0.05, 0) is 24.6 Å². The topological polar surface area (TPSA) is 40.2 Å². The zero-order valence-electron chi connectivity index (χ0n) is 11.8. The van der Waals surface area contributed by atoms with Crippen LogP contribution in [0.2, 0.25) is 0 Å². The number of fused-ring (bicyclic) bond motifs is 1. The largest absolute Gasteiger partial charge is 0.496 e. The van der Waals surface area contributed by atoms with E-state index in [1.165, 1.54) is 16.5 Å². The lowest BCUT2D eigenvalue weighted by atomic mass is 10.1. The highest BCUT2D eigenvalue weighted by molar-refractivity contribution is 5.83. The van der Waals surface area contributed by atoms with Crippen LogP contribution >= 0.6 is 0 Å². The first-order valence-electron chi connectivity index (χ1n) is 6.66. The molecule has 3 nitrogen and oxygen atoms in total. The molecular weight excluding hydrogens is 248 g/mol. The molecule has 0 saturated heterocycles. The van der Waals surface area contributed by atoms with Gasteiger partial charge in [0.2, 0.25) is 0 Å². The van der Waals surface area contributed by atoms with Gasteiger partial charge in [0.1, 0.15) is 5.75 Å². The van der Waals surface area contributed by atoms with Gasteiger partial charge in [0, 0.05) is 34.4 Å². The van der Waals surface area contributed by atoms with E-state index in [0.29, 0.717) is 0 Å². The Morgan fingerprint density at radius 3 is 2.75 bits per heavy atom. The van der Waals surface area contributed by atoms with Gasteiger partial charge >= 0.3 is 0 Å². The number of para-hydroxylation sites is 1. The van der Waals surface area contributed by atoms with E-state index in [-0.39, 0.29) is 0 Å². The summed E-state index contributed by atoms with van der Waals surface area (Å²) in [7, 11) is 1.68. The highest BCUT2D eigenvalue weighted by Crippen LogP contribution is 2.26. The first kappa shape index (κ1) is 12.6. The average molecular weight is 266 g/mol. The SMILES string of the molecule is COc1cc(N)ccc1Cn1cc(C)c2ccccc21. The number of nitrogens with two attached hydrogens (primary N) is 1. The fourth-order valence-electron chi connectivity index (χ4n) is 2.64. The van der Waals surface area contributed by atoms with Crippen LogP contribution in [-0.4, -0.2) is 11.7 Å². The second-order valence-corrected chi connectivity index (χ2v) is 5.03. The molecule has 1 aromatic heterocycles. The number of nitrogen functional groups attached to an aromatic ring is 1. The van der Waals surface area contributed by atoms with Crippen molar-refractivity contribution in [3.63, 3.8) is 0 Å². The molecule has 20 heavy (non-hydrogen) atoms. The number of aryl methyl sites for hydroxylation is 1. The Labute approximate surface area is 118 Å². The molecule has 0 amide bonds. The van der Waals surface area contributed by atoms with Gasteiger partial charge < -0.3 is 15.0 Å². The number of benzene rings is 2. The lowest BCUT2D eigenvalue weighted by molar-refractivity contribution is 0.409. The van der Waals surface area contributed by atoms with Crippen molar-refractivity contribution in [1.29, 1.82) is 0 Å².